The lowest BCUT2D eigenvalue weighted by Crippen LogP contribution is -2.47. The molecule has 0 bridgehead atoms. The molecule has 5 heteroatoms. The summed E-state index contributed by atoms with van der Waals surface area (Å²) in [5.41, 5.74) is 2.00. The highest BCUT2D eigenvalue weighted by Gasteiger charge is 2.56. The van der Waals surface area contributed by atoms with Gasteiger partial charge in [0, 0.05) is 13.1 Å². The Bertz CT molecular complexity index is 641. The average molecular weight is 299 g/mol. The average Bonchev–Trinajstić information content (AvgIpc) is 3.33. The maximum absolute atomic E-state index is 12.7. The predicted octanol–water partition coefficient (Wildman–Crippen LogP) is 1.72. The number of hydrogen-bond donors (Lipinski definition) is 1. The van der Waals surface area contributed by atoms with Crippen LogP contribution in [0.5, 0.6) is 0 Å². The van der Waals surface area contributed by atoms with Gasteiger partial charge in [0.25, 0.3) is 5.91 Å². The van der Waals surface area contributed by atoms with E-state index in [1.807, 2.05) is 13.0 Å². The van der Waals surface area contributed by atoms with Gasteiger partial charge < -0.3 is 5.32 Å². The fourth-order valence-corrected chi connectivity index (χ4v) is 3.66. The van der Waals surface area contributed by atoms with E-state index in [-0.39, 0.29) is 11.9 Å². The molecule has 1 saturated heterocycles. The smallest absolute Gasteiger partial charge is 0.323 e. The molecule has 1 atom stereocenters. The number of benzene rings is 1. The van der Waals surface area contributed by atoms with Crippen LogP contribution in [-0.4, -0.2) is 40.5 Å². The summed E-state index contributed by atoms with van der Waals surface area (Å²) in [6.07, 6.45) is 3.04. The minimum atomic E-state index is -0.676. The normalized spacial score (nSPS) is 28.7. The maximum Gasteiger partial charge on any atom is 0.326 e. The number of urea groups is 1. The van der Waals surface area contributed by atoms with Crippen molar-refractivity contribution in [3.63, 3.8) is 0 Å². The van der Waals surface area contributed by atoms with Gasteiger partial charge in [-0.1, -0.05) is 24.3 Å². The lowest BCUT2D eigenvalue weighted by Gasteiger charge is -2.31. The van der Waals surface area contributed by atoms with Crippen molar-refractivity contribution < 1.29 is 9.59 Å². The van der Waals surface area contributed by atoms with E-state index < -0.39 is 5.54 Å². The molecule has 1 aromatic rings. The second kappa shape index (κ2) is 4.81. The Kier molecular flexibility index (Phi) is 3.01. The van der Waals surface area contributed by atoms with Gasteiger partial charge in [0.05, 0.1) is 6.67 Å². The summed E-state index contributed by atoms with van der Waals surface area (Å²) in [6, 6.07) is 8.15. The first kappa shape index (κ1) is 13.8. The Morgan fingerprint density at radius 1 is 1.23 bits per heavy atom. The van der Waals surface area contributed by atoms with Crippen molar-refractivity contribution in [2.45, 2.75) is 38.3 Å². The van der Waals surface area contributed by atoms with Gasteiger partial charge in [0.1, 0.15) is 5.54 Å². The number of carbonyl (C=O) groups excluding carboxylic acids is 2. The summed E-state index contributed by atoms with van der Waals surface area (Å²) in [7, 11) is 0. The van der Waals surface area contributed by atoms with Gasteiger partial charge in [-0.05, 0) is 43.2 Å². The van der Waals surface area contributed by atoms with Crippen LogP contribution in [0, 0.1) is 5.92 Å². The third kappa shape index (κ3) is 2.11. The minimum Gasteiger partial charge on any atom is -0.323 e. The van der Waals surface area contributed by atoms with Crippen LogP contribution in [-0.2, 0) is 17.8 Å². The molecule has 1 aliphatic carbocycles. The highest BCUT2D eigenvalue weighted by molar-refractivity contribution is 6.07. The first-order valence-corrected chi connectivity index (χ1v) is 8.01. The van der Waals surface area contributed by atoms with Crippen LogP contribution in [0.1, 0.15) is 30.9 Å². The maximum atomic E-state index is 12.7. The lowest BCUT2D eigenvalue weighted by molar-refractivity contribution is -0.133. The number of nitrogens with one attached hydrogen (secondary N) is 1. The number of imide groups is 1. The van der Waals surface area contributed by atoms with Gasteiger partial charge >= 0.3 is 6.03 Å². The molecule has 1 saturated carbocycles. The Morgan fingerprint density at radius 2 is 1.95 bits per heavy atom. The van der Waals surface area contributed by atoms with Gasteiger partial charge in [-0.25, -0.2) is 9.69 Å². The summed E-state index contributed by atoms with van der Waals surface area (Å²) in [5.74, 6) is 0.259. The van der Waals surface area contributed by atoms with E-state index in [4.69, 9.17) is 0 Å². The van der Waals surface area contributed by atoms with E-state index in [1.165, 1.54) is 16.0 Å². The highest BCUT2D eigenvalue weighted by atomic mass is 16.2. The van der Waals surface area contributed by atoms with E-state index in [1.54, 1.807) is 0 Å². The third-order valence-electron chi connectivity index (χ3n) is 5.25. The van der Waals surface area contributed by atoms with Crippen molar-refractivity contribution in [1.29, 1.82) is 0 Å². The Balaban J connectivity index is 1.48. The monoisotopic (exact) mass is 299 g/mol. The zero-order valence-corrected chi connectivity index (χ0v) is 12.8. The molecule has 0 aromatic heterocycles. The fraction of sp³-hybridized carbons (Fsp3) is 0.529. The van der Waals surface area contributed by atoms with E-state index in [0.717, 1.165) is 32.4 Å². The van der Waals surface area contributed by atoms with E-state index in [0.29, 0.717) is 12.6 Å². The van der Waals surface area contributed by atoms with Crippen LogP contribution in [0.25, 0.3) is 0 Å². The van der Waals surface area contributed by atoms with Crippen molar-refractivity contribution >= 4 is 11.9 Å². The van der Waals surface area contributed by atoms with Gasteiger partial charge in [-0.15, -0.1) is 0 Å². The Hall–Kier alpha value is -1.88. The number of nitrogens with zero attached hydrogens (tertiary/aromatic N) is 2. The summed E-state index contributed by atoms with van der Waals surface area (Å²) in [5, 5.41) is 2.91. The molecular weight excluding hydrogens is 278 g/mol. The van der Waals surface area contributed by atoms with Crippen LogP contribution in [0.15, 0.2) is 24.3 Å². The zero-order valence-electron chi connectivity index (χ0n) is 12.8. The second-order valence-corrected chi connectivity index (χ2v) is 6.85. The molecule has 3 amide bonds. The van der Waals surface area contributed by atoms with Crippen LogP contribution < -0.4 is 5.32 Å². The summed E-state index contributed by atoms with van der Waals surface area (Å²) in [4.78, 5) is 28.4. The standard InChI is InChI=1S/C17H21N3O2/c1-17(14-6-7-14)15(21)20(16(22)18-17)11-19-9-8-12-4-2-3-5-13(12)10-19/h2-5,14H,6-11H2,1H3,(H,18,22)/t17-/m0/s1. The molecule has 0 radical (unpaired) electrons. The Labute approximate surface area is 130 Å². The van der Waals surface area contributed by atoms with E-state index in [2.05, 4.69) is 28.4 Å². The predicted molar refractivity (Wildman–Crippen MR) is 81.9 cm³/mol. The van der Waals surface area contributed by atoms with Gasteiger partial charge in [-0.3, -0.25) is 9.69 Å². The third-order valence-corrected chi connectivity index (χ3v) is 5.25. The van der Waals surface area contributed by atoms with Crippen LogP contribution in [0.2, 0.25) is 0 Å². The molecule has 0 spiro atoms. The molecule has 2 fully saturated rings. The van der Waals surface area contributed by atoms with E-state index >= 15 is 0 Å². The first-order valence-electron chi connectivity index (χ1n) is 8.01. The van der Waals surface area contributed by atoms with Crippen LogP contribution >= 0.6 is 0 Å². The SMILES string of the molecule is C[C@@]1(C2CC2)NC(=O)N(CN2CCc3ccccc3C2)C1=O. The molecule has 116 valence electrons. The van der Waals surface area contributed by atoms with Crippen molar-refractivity contribution in [3.05, 3.63) is 35.4 Å². The minimum absolute atomic E-state index is 0.0566. The number of fused-ring (bicyclic) bond motifs is 1. The molecule has 0 unspecified atom stereocenters. The van der Waals surface area contributed by atoms with Gasteiger partial charge in [0.15, 0.2) is 0 Å². The molecule has 1 N–H and O–H groups in total. The molecule has 22 heavy (non-hydrogen) atoms. The van der Waals surface area contributed by atoms with Crippen molar-refractivity contribution in [2.24, 2.45) is 5.92 Å². The quantitative estimate of drug-likeness (QED) is 0.865. The number of amides is 3. The topological polar surface area (TPSA) is 52.7 Å². The number of carbonyl (C=O) groups is 2. The summed E-state index contributed by atoms with van der Waals surface area (Å²) in [6.45, 7) is 3.94. The van der Waals surface area contributed by atoms with Crippen molar-refractivity contribution in [2.75, 3.05) is 13.2 Å². The Morgan fingerprint density at radius 3 is 2.68 bits per heavy atom. The second-order valence-electron chi connectivity index (χ2n) is 6.85. The van der Waals surface area contributed by atoms with Crippen LogP contribution in [0.3, 0.4) is 0 Å². The summed E-state index contributed by atoms with van der Waals surface area (Å²) >= 11 is 0. The molecular formula is C17H21N3O2. The van der Waals surface area contributed by atoms with Crippen LogP contribution in [0.4, 0.5) is 4.79 Å². The van der Waals surface area contributed by atoms with Crippen molar-refractivity contribution in [3.8, 4) is 0 Å². The number of rotatable bonds is 3. The first-order chi connectivity index (χ1) is 10.6. The van der Waals surface area contributed by atoms with Gasteiger partial charge in [-0.2, -0.15) is 0 Å². The summed E-state index contributed by atoms with van der Waals surface area (Å²) < 4.78 is 0. The zero-order chi connectivity index (χ0) is 15.3. The fourth-order valence-electron chi connectivity index (χ4n) is 3.66. The molecule has 5 nitrogen and oxygen atoms in total. The molecule has 2 aliphatic heterocycles. The molecule has 4 rings (SSSR count). The van der Waals surface area contributed by atoms with Gasteiger partial charge in [0.2, 0.25) is 0 Å². The highest BCUT2D eigenvalue weighted by Crippen LogP contribution is 2.42. The largest absolute Gasteiger partial charge is 0.326 e. The lowest BCUT2D eigenvalue weighted by atomic mass is 9.96. The van der Waals surface area contributed by atoms with Crippen molar-refractivity contribution in [1.82, 2.24) is 15.1 Å². The number of hydrogen-bond acceptors (Lipinski definition) is 3. The molecule has 2 heterocycles. The van der Waals surface area contributed by atoms with E-state index in [9.17, 15) is 9.59 Å². The molecule has 1 aromatic carbocycles. The molecule has 3 aliphatic rings.